The van der Waals surface area contributed by atoms with Crippen LogP contribution in [-0.2, 0) is 10.0 Å². The van der Waals surface area contributed by atoms with Gasteiger partial charge in [-0.1, -0.05) is 0 Å². The highest BCUT2D eigenvalue weighted by Gasteiger charge is 2.31. The van der Waals surface area contributed by atoms with E-state index in [4.69, 9.17) is 14.2 Å². The first kappa shape index (κ1) is 19.8. The zero-order valence-corrected chi connectivity index (χ0v) is 17.4. The minimum Gasteiger partial charge on any atom is -0.486 e. The van der Waals surface area contributed by atoms with Crippen molar-refractivity contribution in [2.45, 2.75) is 23.8 Å². The summed E-state index contributed by atoms with van der Waals surface area (Å²) in [4.78, 5) is 0.205. The number of hydrogen-bond acceptors (Lipinski definition) is 8. The predicted molar refractivity (Wildman–Crippen MR) is 109 cm³/mol. The monoisotopic (exact) mass is 443 g/mol. The van der Waals surface area contributed by atoms with E-state index in [1.54, 1.807) is 47.4 Å². The summed E-state index contributed by atoms with van der Waals surface area (Å²) in [7, 11) is -3.62. The summed E-state index contributed by atoms with van der Waals surface area (Å²) in [5, 5.41) is 12.3. The number of hydrogen-bond donors (Lipinski definition) is 0. The van der Waals surface area contributed by atoms with Crippen LogP contribution in [0.3, 0.4) is 0 Å². The van der Waals surface area contributed by atoms with Crippen LogP contribution in [0, 0.1) is 0 Å². The van der Waals surface area contributed by atoms with E-state index in [-0.39, 0.29) is 11.0 Å². The van der Waals surface area contributed by atoms with E-state index < -0.39 is 10.0 Å². The summed E-state index contributed by atoms with van der Waals surface area (Å²) in [5.74, 6) is 2.03. The summed E-state index contributed by atoms with van der Waals surface area (Å²) in [6, 6.07) is 10.0. The number of aromatic nitrogens is 4. The Balaban J connectivity index is 1.21. The van der Waals surface area contributed by atoms with Crippen molar-refractivity contribution in [3.05, 3.63) is 48.8 Å². The molecule has 0 atom stereocenters. The maximum Gasteiger partial charge on any atom is 0.243 e. The minimum absolute atomic E-state index is 0.128. The van der Waals surface area contributed by atoms with Gasteiger partial charge in [0.2, 0.25) is 15.9 Å². The van der Waals surface area contributed by atoms with Gasteiger partial charge in [-0.05, 0) is 37.1 Å². The van der Waals surface area contributed by atoms with Crippen LogP contribution in [0.25, 0.3) is 5.82 Å². The van der Waals surface area contributed by atoms with Crippen LogP contribution < -0.4 is 14.2 Å². The third-order valence-electron chi connectivity index (χ3n) is 5.20. The molecule has 2 aromatic heterocycles. The largest absolute Gasteiger partial charge is 0.486 e. The lowest BCUT2D eigenvalue weighted by Crippen LogP contribution is -2.41. The molecule has 4 heterocycles. The number of rotatable bonds is 5. The molecule has 10 nitrogen and oxygen atoms in total. The molecule has 31 heavy (non-hydrogen) atoms. The standard InChI is InChI=1S/C20H21N5O5S/c26-31(27,16-2-3-17-18(14-16)29-13-12-28-17)24-10-6-15(7-11-24)30-20-5-4-19(22-23-20)25-9-1-8-21-25/h1-5,8-9,14-15H,6-7,10-13H2. The van der Waals surface area contributed by atoms with Crippen LogP contribution >= 0.6 is 0 Å². The topological polar surface area (TPSA) is 109 Å². The fraction of sp³-hybridized carbons (Fsp3) is 0.350. The van der Waals surface area contributed by atoms with Crippen molar-refractivity contribution in [1.82, 2.24) is 24.3 Å². The van der Waals surface area contributed by atoms with Crippen molar-refractivity contribution in [3.63, 3.8) is 0 Å². The average molecular weight is 443 g/mol. The summed E-state index contributed by atoms with van der Waals surface area (Å²) < 4.78 is 46.1. The normalized spacial score (nSPS) is 17.4. The Hall–Kier alpha value is -3.18. The Morgan fingerprint density at radius 1 is 1.00 bits per heavy atom. The lowest BCUT2D eigenvalue weighted by molar-refractivity contribution is 0.128. The lowest BCUT2D eigenvalue weighted by Gasteiger charge is -2.31. The highest BCUT2D eigenvalue weighted by Crippen LogP contribution is 2.33. The fourth-order valence-electron chi connectivity index (χ4n) is 3.60. The summed E-state index contributed by atoms with van der Waals surface area (Å²) >= 11 is 0. The molecular weight excluding hydrogens is 422 g/mol. The predicted octanol–water partition coefficient (Wildman–Crippen LogP) is 1.67. The van der Waals surface area contributed by atoms with E-state index in [0.29, 0.717) is 62.3 Å². The van der Waals surface area contributed by atoms with Crippen molar-refractivity contribution in [2.75, 3.05) is 26.3 Å². The molecule has 1 saturated heterocycles. The van der Waals surface area contributed by atoms with Crippen LogP contribution in [-0.4, -0.2) is 65.1 Å². The Kier molecular flexibility index (Phi) is 5.20. The second-order valence-electron chi connectivity index (χ2n) is 7.21. The average Bonchev–Trinajstić information content (AvgIpc) is 3.35. The molecule has 0 radical (unpaired) electrons. The molecule has 0 spiro atoms. The maximum absolute atomic E-state index is 13.0. The zero-order valence-electron chi connectivity index (χ0n) is 16.6. The second-order valence-corrected chi connectivity index (χ2v) is 9.15. The first-order chi connectivity index (χ1) is 15.1. The molecule has 1 aromatic carbocycles. The van der Waals surface area contributed by atoms with Gasteiger partial charge in [0.05, 0.1) is 4.90 Å². The number of ether oxygens (including phenoxy) is 3. The molecule has 0 bridgehead atoms. The Morgan fingerprint density at radius 3 is 2.52 bits per heavy atom. The molecule has 3 aromatic rings. The van der Waals surface area contributed by atoms with Gasteiger partial charge in [0.25, 0.3) is 0 Å². The van der Waals surface area contributed by atoms with Crippen molar-refractivity contribution >= 4 is 10.0 Å². The van der Waals surface area contributed by atoms with Gasteiger partial charge in [0.1, 0.15) is 19.3 Å². The van der Waals surface area contributed by atoms with Crippen LogP contribution in [0.5, 0.6) is 17.4 Å². The number of fused-ring (bicyclic) bond motifs is 1. The van der Waals surface area contributed by atoms with Crippen molar-refractivity contribution in [1.29, 1.82) is 0 Å². The van der Waals surface area contributed by atoms with E-state index in [9.17, 15) is 8.42 Å². The van der Waals surface area contributed by atoms with E-state index in [2.05, 4.69) is 15.3 Å². The molecule has 11 heteroatoms. The van der Waals surface area contributed by atoms with Crippen molar-refractivity contribution in [3.8, 4) is 23.2 Å². The maximum atomic E-state index is 13.0. The minimum atomic E-state index is -3.62. The van der Waals surface area contributed by atoms with Gasteiger partial charge in [-0.3, -0.25) is 0 Å². The molecule has 2 aliphatic heterocycles. The highest BCUT2D eigenvalue weighted by molar-refractivity contribution is 7.89. The molecule has 2 aliphatic rings. The Bertz CT molecular complexity index is 1140. The number of sulfonamides is 1. The molecule has 1 fully saturated rings. The van der Waals surface area contributed by atoms with Gasteiger partial charge in [-0.2, -0.15) is 9.40 Å². The first-order valence-corrected chi connectivity index (χ1v) is 11.4. The zero-order chi connectivity index (χ0) is 21.3. The third kappa shape index (κ3) is 4.06. The van der Waals surface area contributed by atoms with Gasteiger partial charge in [-0.25, -0.2) is 13.1 Å². The van der Waals surface area contributed by atoms with Crippen LogP contribution in [0.4, 0.5) is 0 Å². The molecule has 0 amide bonds. The van der Waals surface area contributed by atoms with Crippen LogP contribution in [0.2, 0.25) is 0 Å². The van der Waals surface area contributed by atoms with E-state index in [0.717, 1.165) is 0 Å². The Morgan fingerprint density at radius 2 is 1.81 bits per heavy atom. The lowest BCUT2D eigenvalue weighted by atomic mass is 10.1. The molecular formula is C20H21N5O5S. The van der Waals surface area contributed by atoms with E-state index in [1.165, 1.54) is 10.4 Å². The SMILES string of the molecule is O=S(=O)(c1ccc2c(c1)OCCO2)N1CCC(Oc2ccc(-n3cccn3)nn2)CC1. The molecule has 0 saturated carbocycles. The number of nitrogens with zero attached hydrogens (tertiary/aromatic N) is 5. The fourth-order valence-corrected chi connectivity index (χ4v) is 5.08. The van der Waals surface area contributed by atoms with Gasteiger partial charge in [-0.15, -0.1) is 10.2 Å². The van der Waals surface area contributed by atoms with Crippen LogP contribution in [0.1, 0.15) is 12.8 Å². The quantitative estimate of drug-likeness (QED) is 0.586. The van der Waals surface area contributed by atoms with Gasteiger partial charge in [0, 0.05) is 37.6 Å². The summed E-state index contributed by atoms with van der Waals surface area (Å²) in [5.41, 5.74) is 0. The van der Waals surface area contributed by atoms with Crippen molar-refractivity contribution in [2.24, 2.45) is 0 Å². The van der Waals surface area contributed by atoms with Gasteiger partial charge < -0.3 is 14.2 Å². The summed E-state index contributed by atoms with van der Waals surface area (Å²) in [6.07, 6.45) is 4.44. The van der Waals surface area contributed by atoms with E-state index in [1.807, 2.05) is 0 Å². The second kappa shape index (κ2) is 8.16. The van der Waals surface area contributed by atoms with Crippen molar-refractivity contribution < 1.29 is 22.6 Å². The molecule has 0 unspecified atom stereocenters. The molecule has 5 rings (SSSR count). The number of piperidine rings is 1. The van der Waals surface area contributed by atoms with Crippen LogP contribution in [0.15, 0.2) is 53.7 Å². The summed E-state index contributed by atoms with van der Waals surface area (Å²) in [6.45, 7) is 1.59. The van der Waals surface area contributed by atoms with Gasteiger partial charge >= 0.3 is 0 Å². The first-order valence-electron chi connectivity index (χ1n) is 10.00. The highest BCUT2D eigenvalue weighted by atomic mass is 32.2. The van der Waals surface area contributed by atoms with E-state index >= 15 is 0 Å². The third-order valence-corrected chi connectivity index (χ3v) is 7.10. The molecule has 0 aliphatic carbocycles. The number of benzene rings is 1. The van der Waals surface area contributed by atoms with Gasteiger partial charge in [0.15, 0.2) is 17.3 Å². The Labute approximate surface area is 179 Å². The molecule has 0 N–H and O–H groups in total. The smallest absolute Gasteiger partial charge is 0.243 e. The molecule has 162 valence electrons.